The normalized spacial score (nSPS) is 11.5. The Bertz CT molecular complexity index is 1330. The van der Waals surface area contributed by atoms with E-state index in [0.717, 1.165) is 53.2 Å². The summed E-state index contributed by atoms with van der Waals surface area (Å²) in [5, 5.41) is 0. The summed E-state index contributed by atoms with van der Waals surface area (Å²) in [6, 6.07) is 13.8. The molecule has 0 aliphatic rings. The molecule has 0 amide bonds. The molecule has 0 N–H and O–H groups in total. The molecule has 4 heteroatoms. The second-order valence-electron chi connectivity index (χ2n) is 16.8. The van der Waals surface area contributed by atoms with Crippen LogP contribution in [0.5, 0.6) is 17.2 Å². The van der Waals surface area contributed by atoms with Crippen LogP contribution in [0, 0.1) is 41.5 Å². The number of rotatable bonds is 30. The molecular weight excluding hydrogens is 692 g/mol. The van der Waals surface area contributed by atoms with Crippen LogP contribution in [-0.4, -0.2) is 0 Å². The fourth-order valence-electron chi connectivity index (χ4n) is 8.17. The van der Waals surface area contributed by atoms with Gasteiger partial charge in [0.15, 0.2) is 0 Å². The molecule has 0 saturated heterocycles. The maximum Gasteiger partial charge on any atom is 0.530 e. The largest absolute Gasteiger partial charge is 0.530 e. The van der Waals surface area contributed by atoms with E-state index >= 15 is 0 Å². The third-order valence-corrected chi connectivity index (χ3v) is 12.1. The zero-order valence-electron chi connectivity index (χ0n) is 37.1. The average molecular weight is 773 g/mol. The number of hydrogen-bond acceptors (Lipinski definition) is 3. The SMILES string of the molecule is CCCCCCCCCc1cc(C)cc(C)c1OP(Oc1c(C)cc(C)cc1CCCCCCCCC)Oc1c(C)cc(C)cc1CCCCCCCCC. The first-order valence-corrected chi connectivity index (χ1v) is 23.9. The van der Waals surface area contributed by atoms with Crippen LogP contribution in [-0.2, 0) is 19.3 Å². The van der Waals surface area contributed by atoms with Crippen molar-refractivity contribution in [2.24, 2.45) is 0 Å². The molecule has 0 aromatic heterocycles. The van der Waals surface area contributed by atoms with E-state index in [1.807, 2.05) is 0 Å². The lowest BCUT2D eigenvalue weighted by molar-refractivity contribution is 0.378. The first kappa shape index (κ1) is 46.9. The predicted octanol–water partition coefficient (Wildman–Crippen LogP) is 17.2. The van der Waals surface area contributed by atoms with Crippen LogP contribution in [0.1, 0.15) is 206 Å². The molecule has 0 spiro atoms. The third kappa shape index (κ3) is 17.7. The van der Waals surface area contributed by atoms with Crippen molar-refractivity contribution < 1.29 is 13.6 Å². The molecule has 0 saturated carbocycles. The molecule has 55 heavy (non-hydrogen) atoms. The van der Waals surface area contributed by atoms with Gasteiger partial charge < -0.3 is 13.6 Å². The highest BCUT2D eigenvalue weighted by Crippen LogP contribution is 2.48. The monoisotopic (exact) mass is 773 g/mol. The van der Waals surface area contributed by atoms with Crippen molar-refractivity contribution >= 4 is 8.60 Å². The van der Waals surface area contributed by atoms with Gasteiger partial charge in [-0.05, 0) is 113 Å². The van der Waals surface area contributed by atoms with Crippen molar-refractivity contribution in [3.8, 4) is 17.2 Å². The first-order chi connectivity index (χ1) is 26.7. The second kappa shape index (κ2) is 27.2. The van der Waals surface area contributed by atoms with Crippen molar-refractivity contribution in [1.29, 1.82) is 0 Å². The minimum Gasteiger partial charge on any atom is -0.408 e. The van der Waals surface area contributed by atoms with Crippen LogP contribution in [0.25, 0.3) is 0 Å². The number of hydrogen-bond donors (Lipinski definition) is 0. The van der Waals surface area contributed by atoms with Crippen LogP contribution in [0.4, 0.5) is 0 Å². The van der Waals surface area contributed by atoms with E-state index in [0.29, 0.717) is 0 Å². The number of unbranched alkanes of at least 4 members (excludes halogenated alkanes) is 18. The molecule has 308 valence electrons. The van der Waals surface area contributed by atoms with Gasteiger partial charge in [0.05, 0.1) is 0 Å². The minimum atomic E-state index is -1.80. The Balaban J connectivity index is 1.93. The summed E-state index contributed by atoms with van der Waals surface area (Å²) in [6.07, 6.45) is 30.2. The van der Waals surface area contributed by atoms with Crippen LogP contribution < -0.4 is 13.6 Å². The van der Waals surface area contributed by atoms with Crippen molar-refractivity contribution in [1.82, 2.24) is 0 Å². The molecular formula is C51H81O3P. The molecule has 3 nitrogen and oxygen atoms in total. The topological polar surface area (TPSA) is 27.7 Å². The quantitative estimate of drug-likeness (QED) is 0.0499. The van der Waals surface area contributed by atoms with Gasteiger partial charge in [-0.15, -0.1) is 0 Å². The van der Waals surface area contributed by atoms with Gasteiger partial charge in [0.1, 0.15) is 17.2 Å². The highest BCUT2D eigenvalue weighted by Gasteiger charge is 2.27. The van der Waals surface area contributed by atoms with Crippen molar-refractivity contribution in [3.05, 3.63) is 86.5 Å². The van der Waals surface area contributed by atoms with Crippen LogP contribution in [0.2, 0.25) is 0 Å². The van der Waals surface area contributed by atoms with E-state index in [-0.39, 0.29) is 0 Å². The summed E-state index contributed by atoms with van der Waals surface area (Å²) in [5.41, 5.74) is 11.2. The predicted molar refractivity (Wildman–Crippen MR) is 242 cm³/mol. The van der Waals surface area contributed by atoms with Crippen LogP contribution in [0.3, 0.4) is 0 Å². The van der Waals surface area contributed by atoms with Crippen molar-refractivity contribution in [2.75, 3.05) is 0 Å². The summed E-state index contributed by atoms with van der Waals surface area (Å²) >= 11 is 0. The zero-order valence-corrected chi connectivity index (χ0v) is 38.0. The number of benzene rings is 3. The van der Waals surface area contributed by atoms with E-state index in [9.17, 15) is 0 Å². The summed E-state index contributed by atoms with van der Waals surface area (Å²) < 4.78 is 21.3. The van der Waals surface area contributed by atoms with E-state index < -0.39 is 8.60 Å². The van der Waals surface area contributed by atoms with Gasteiger partial charge in [-0.1, -0.05) is 189 Å². The Morgan fingerprint density at radius 1 is 0.327 bits per heavy atom. The van der Waals surface area contributed by atoms with Crippen LogP contribution >= 0.6 is 8.60 Å². The molecule has 0 radical (unpaired) electrons. The molecule has 0 atom stereocenters. The van der Waals surface area contributed by atoms with Gasteiger partial charge in [0.25, 0.3) is 0 Å². The molecule has 0 aliphatic heterocycles. The number of aryl methyl sites for hydroxylation is 9. The summed E-state index contributed by atoms with van der Waals surface area (Å²) in [7, 11) is -1.80. The molecule has 0 aliphatic carbocycles. The summed E-state index contributed by atoms with van der Waals surface area (Å²) in [4.78, 5) is 0. The summed E-state index contributed by atoms with van der Waals surface area (Å²) in [6.45, 7) is 20.1. The van der Waals surface area contributed by atoms with Crippen LogP contribution in [0.15, 0.2) is 36.4 Å². The zero-order chi connectivity index (χ0) is 39.8. The lowest BCUT2D eigenvalue weighted by Gasteiger charge is -2.25. The molecule has 3 aromatic carbocycles. The standard InChI is InChI=1S/C51H81O3P/c1-10-13-16-19-22-25-28-31-46-37-40(4)34-43(7)49(46)52-55(53-50-44(8)35-41(5)38-47(50)32-29-26-23-20-17-14-11-2)54-51-45(9)36-42(6)39-48(51)33-30-27-24-21-18-15-12-3/h34-39H,10-33H2,1-9H3. The molecule has 0 bridgehead atoms. The van der Waals surface area contributed by atoms with Crippen molar-refractivity contribution in [2.45, 2.75) is 216 Å². The van der Waals surface area contributed by atoms with Gasteiger partial charge in [0, 0.05) is 0 Å². The average Bonchev–Trinajstić information content (AvgIpc) is 3.14. The second-order valence-corrected chi connectivity index (χ2v) is 17.8. The third-order valence-electron chi connectivity index (χ3n) is 11.1. The van der Waals surface area contributed by atoms with Gasteiger partial charge in [0.2, 0.25) is 0 Å². The fraction of sp³-hybridized carbons (Fsp3) is 0.647. The van der Waals surface area contributed by atoms with Gasteiger partial charge in [-0.2, -0.15) is 0 Å². The van der Waals surface area contributed by atoms with Gasteiger partial charge in [-0.3, -0.25) is 0 Å². The van der Waals surface area contributed by atoms with E-state index in [1.54, 1.807) is 0 Å². The Kier molecular flexibility index (Phi) is 23.2. The fourth-order valence-corrected chi connectivity index (χ4v) is 9.52. The highest BCUT2D eigenvalue weighted by atomic mass is 31.2. The highest BCUT2D eigenvalue weighted by molar-refractivity contribution is 7.43. The van der Waals surface area contributed by atoms with Gasteiger partial charge in [-0.25, -0.2) is 0 Å². The minimum absolute atomic E-state index is 0.944. The Morgan fingerprint density at radius 3 is 0.818 bits per heavy atom. The Hall–Kier alpha value is -2.51. The first-order valence-electron chi connectivity index (χ1n) is 22.8. The Labute approximate surface area is 341 Å². The van der Waals surface area contributed by atoms with Crippen molar-refractivity contribution in [3.63, 3.8) is 0 Å². The van der Waals surface area contributed by atoms with Gasteiger partial charge >= 0.3 is 8.60 Å². The molecule has 3 rings (SSSR count). The lowest BCUT2D eigenvalue weighted by Crippen LogP contribution is -2.09. The van der Waals surface area contributed by atoms with E-state index in [1.165, 1.54) is 168 Å². The van der Waals surface area contributed by atoms with E-state index in [2.05, 4.69) is 98.7 Å². The smallest absolute Gasteiger partial charge is 0.408 e. The molecule has 0 heterocycles. The molecule has 0 fully saturated rings. The lowest BCUT2D eigenvalue weighted by atomic mass is 10.00. The maximum atomic E-state index is 7.11. The maximum absolute atomic E-state index is 7.11. The molecule has 0 unspecified atom stereocenters. The Morgan fingerprint density at radius 2 is 0.564 bits per heavy atom. The molecule has 3 aromatic rings. The van der Waals surface area contributed by atoms with E-state index in [4.69, 9.17) is 13.6 Å². The summed E-state index contributed by atoms with van der Waals surface area (Å²) in [5.74, 6) is 2.83.